The van der Waals surface area contributed by atoms with Gasteiger partial charge in [0.2, 0.25) is 0 Å². The third-order valence-electron chi connectivity index (χ3n) is 6.42. The number of amides is 1. The Kier molecular flexibility index (Phi) is 5.64. The van der Waals surface area contributed by atoms with Crippen molar-refractivity contribution >= 4 is 11.6 Å². The number of nitrogens with zero attached hydrogens (tertiary/aromatic N) is 4. The lowest BCUT2D eigenvalue weighted by Crippen LogP contribution is -2.42. The minimum absolute atomic E-state index is 0.121. The highest BCUT2D eigenvalue weighted by atomic mass is 16.5. The van der Waals surface area contributed by atoms with Gasteiger partial charge in [0.05, 0.1) is 5.69 Å². The summed E-state index contributed by atoms with van der Waals surface area (Å²) in [5, 5.41) is 0. The van der Waals surface area contributed by atoms with E-state index in [1.165, 1.54) is 31.5 Å². The van der Waals surface area contributed by atoms with Crippen LogP contribution in [0.15, 0.2) is 48.8 Å². The van der Waals surface area contributed by atoms with Crippen LogP contribution in [0, 0.1) is 6.92 Å². The van der Waals surface area contributed by atoms with E-state index in [9.17, 15) is 4.79 Å². The summed E-state index contributed by atoms with van der Waals surface area (Å²) < 4.78 is 8.00. The molecule has 2 fully saturated rings. The number of ether oxygens (including phenoxy) is 1. The Labute approximate surface area is 183 Å². The Morgan fingerprint density at radius 2 is 1.97 bits per heavy atom. The van der Waals surface area contributed by atoms with E-state index < -0.39 is 0 Å². The van der Waals surface area contributed by atoms with Crippen molar-refractivity contribution in [3.05, 3.63) is 65.6 Å². The van der Waals surface area contributed by atoms with Crippen molar-refractivity contribution < 1.29 is 9.53 Å². The molecule has 1 amide bonds. The van der Waals surface area contributed by atoms with Gasteiger partial charge in [0.25, 0.3) is 5.91 Å². The minimum Gasteiger partial charge on any atom is -0.487 e. The number of aryl methyl sites for hydroxylation is 1. The zero-order valence-electron chi connectivity index (χ0n) is 18.2. The lowest BCUT2D eigenvalue weighted by atomic mass is 10.1. The molecule has 0 bridgehead atoms. The summed E-state index contributed by atoms with van der Waals surface area (Å²) in [6.45, 7) is 6.64. The number of hydrogen-bond acceptors (Lipinski definition) is 4. The lowest BCUT2D eigenvalue weighted by Gasteiger charge is -2.28. The molecule has 6 nitrogen and oxygen atoms in total. The fourth-order valence-electron chi connectivity index (χ4n) is 4.82. The van der Waals surface area contributed by atoms with Crippen LogP contribution in [0.25, 0.3) is 5.65 Å². The molecule has 0 N–H and O–H groups in total. The summed E-state index contributed by atoms with van der Waals surface area (Å²) in [5.74, 6) is 0.824. The number of carbonyl (C=O) groups excluding carboxylic acids is 1. The Balaban J connectivity index is 1.25. The van der Waals surface area contributed by atoms with Gasteiger partial charge in [0, 0.05) is 37.1 Å². The van der Waals surface area contributed by atoms with Crippen molar-refractivity contribution in [1.82, 2.24) is 19.2 Å². The van der Waals surface area contributed by atoms with Gasteiger partial charge in [-0.1, -0.05) is 12.1 Å². The SMILES string of the molecule is Cc1ccc2nc(COc3cccc(C(=O)N4CCCC4CN4CCCC4)c3)cn2c1. The second-order valence-corrected chi connectivity index (χ2v) is 8.82. The van der Waals surface area contributed by atoms with Crippen LogP contribution in [0.4, 0.5) is 0 Å². The highest BCUT2D eigenvalue weighted by Crippen LogP contribution is 2.24. The first-order valence-corrected chi connectivity index (χ1v) is 11.4. The third kappa shape index (κ3) is 4.44. The predicted octanol–water partition coefficient (Wildman–Crippen LogP) is 3.92. The van der Waals surface area contributed by atoms with Crippen LogP contribution in [0.2, 0.25) is 0 Å². The molecule has 0 spiro atoms. The highest BCUT2D eigenvalue weighted by molar-refractivity contribution is 5.95. The van der Waals surface area contributed by atoms with Crippen molar-refractivity contribution in [2.45, 2.75) is 45.3 Å². The average molecular weight is 419 g/mol. The third-order valence-corrected chi connectivity index (χ3v) is 6.42. The zero-order chi connectivity index (χ0) is 21.2. The Morgan fingerprint density at radius 1 is 1.10 bits per heavy atom. The van der Waals surface area contributed by atoms with Crippen LogP contribution in [0.1, 0.15) is 47.3 Å². The van der Waals surface area contributed by atoms with E-state index in [0.29, 0.717) is 24.0 Å². The molecule has 6 heteroatoms. The second kappa shape index (κ2) is 8.71. The predicted molar refractivity (Wildman–Crippen MR) is 120 cm³/mol. The molecule has 4 heterocycles. The van der Waals surface area contributed by atoms with Crippen LogP contribution >= 0.6 is 0 Å². The van der Waals surface area contributed by atoms with Gasteiger partial charge in [-0.2, -0.15) is 0 Å². The first-order valence-electron chi connectivity index (χ1n) is 11.4. The summed E-state index contributed by atoms with van der Waals surface area (Å²) in [6.07, 6.45) is 8.81. The maximum Gasteiger partial charge on any atom is 0.254 e. The fourth-order valence-corrected chi connectivity index (χ4v) is 4.82. The summed E-state index contributed by atoms with van der Waals surface area (Å²) in [6, 6.07) is 12.0. The van der Waals surface area contributed by atoms with Gasteiger partial charge in [0.15, 0.2) is 0 Å². The standard InChI is InChI=1S/C25H30N4O2/c1-19-9-10-24-26-21(16-28(24)15-19)18-31-23-8-4-6-20(14-23)25(30)29-13-5-7-22(29)17-27-11-2-3-12-27/h4,6,8-10,14-16,22H,2-3,5,7,11-13,17-18H2,1H3. The molecule has 2 aromatic heterocycles. The molecule has 2 aliphatic heterocycles. The van der Waals surface area contributed by atoms with E-state index in [-0.39, 0.29) is 5.91 Å². The number of imidazole rings is 1. The quantitative estimate of drug-likeness (QED) is 0.609. The number of aromatic nitrogens is 2. The van der Waals surface area contributed by atoms with Crippen LogP contribution in [0.5, 0.6) is 5.75 Å². The lowest BCUT2D eigenvalue weighted by molar-refractivity contribution is 0.0708. The molecule has 1 aromatic carbocycles. The number of pyridine rings is 1. The van der Waals surface area contributed by atoms with Gasteiger partial charge >= 0.3 is 0 Å². The van der Waals surface area contributed by atoms with E-state index >= 15 is 0 Å². The van der Waals surface area contributed by atoms with Gasteiger partial charge < -0.3 is 18.9 Å². The van der Waals surface area contributed by atoms with Crippen molar-refractivity contribution in [3.63, 3.8) is 0 Å². The first kappa shape index (κ1) is 20.1. The second-order valence-electron chi connectivity index (χ2n) is 8.82. The van der Waals surface area contributed by atoms with Crippen LogP contribution in [0.3, 0.4) is 0 Å². The molecule has 5 rings (SSSR count). The largest absolute Gasteiger partial charge is 0.487 e. The number of hydrogen-bond donors (Lipinski definition) is 0. The topological polar surface area (TPSA) is 50.1 Å². The highest BCUT2D eigenvalue weighted by Gasteiger charge is 2.31. The van der Waals surface area contributed by atoms with Gasteiger partial charge in [-0.05, 0) is 75.5 Å². The number of fused-ring (bicyclic) bond motifs is 1. The Morgan fingerprint density at radius 3 is 2.84 bits per heavy atom. The van der Waals surface area contributed by atoms with Gasteiger partial charge in [-0.3, -0.25) is 4.79 Å². The summed E-state index contributed by atoms with van der Waals surface area (Å²) >= 11 is 0. The number of rotatable bonds is 6. The monoisotopic (exact) mass is 418 g/mol. The Hall–Kier alpha value is -2.86. The van der Waals surface area contributed by atoms with E-state index in [2.05, 4.69) is 34.0 Å². The minimum atomic E-state index is 0.121. The molecule has 31 heavy (non-hydrogen) atoms. The van der Waals surface area contributed by atoms with E-state index in [0.717, 1.165) is 37.3 Å². The molecule has 3 aromatic rings. The van der Waals surface area contributed by atoms with Crippen LogP contribution < -0.4 is 4.74 Å². The van der Waals surface area contributed by atoms with Crippen LogP contribution in [-0.2, 0) is 6.61 Å². The molecule has 162 valence electrons. The maximum absolute atomic E-state index is 13.2. The number of carbonyl (C=O) groups is 1. The van der Waals surface area contributed by atoms with Gasteiger partial charge in [-0.15, -0.1) is 0 Å². The molecule has 1 unspecified atom stereocenters. The van der Waals surface area contributed by atoms with Crippen LogP contribution in [-0.4, -0.2) is 57.3 Å². The van der Waals surface area contributed by atoms with E-state index in [1.807, 2.05) is 40.9 Å². The number of likely N-dealkylation sites (tertiary alicyclic amines) is 2. The first-order chi connectivity index (χ1) is 15.2. The fraction of sp³-hybridized carbons (Fsp3) is 0.440. The molecule has 1 atom stereocenters. The van der Waals surface area contributed by atoms with Crippen molar-refractivity contribution in [2.75, 3.05) is 26.2 Å². The smallest absolute Gasteiger partial charge is 0.254 e. The average Bonchev–Trinajstić information content (AvgIpc) is 3.53. The summed E-state index contributed by atoms with van der Waals surface area (Å²) in [7, 11) is 0. The van der Waals surface area contributed by atoms with Crippen molar-refractivity contribution in [1.29, 1.82) is 0 Å². The molecule has 0 aliphatic carbocycles. The van der Waals surface area contributed by atoms with Crippen molar-refractivity contribution in [2.24, 2.45) is 0 Å². The molecular weight excluding hydrogens is 388 g/mol. The van der Waals surface area contributed by atoms with Gasteiger partial charge in [-0.25, -0.2) is 4.98 Å². The normalized spacial score (nSPS) is 19.4. The Bertz CT molecular complexity index is 1070. The molecule has 0 radical (unpaired) electrons. The van der Waals surface area contributed by atoms with E-state index in [4.69, 9.17) is 4.74 Å². The van der Waals surface area contributed by atoms with Crippen molar-refractivity contribution in [3.8, 4) is 5.75 Å². The van der Waals surface area contributed by atoms with E-state index in [1.54, 1.807) is 0 Å². The molecule has 0 saturated carbocycles. The molecule has 2 aliphatic rings. The molecule has 2 saturated heterocycles. The summed E-state index contributed by atoms with van der Waals surface area (Å²) in [4.78, 5) is 22.4. The summed E-state index contributed by atoms with van der Waals surface area (Å²) in [5.41, 5.74) is 3.67. The number of benzene rings is 1. The zero-order valence-corrected chi connectivity index (χ0v) is 18.2. The van der Waals surface area contributed by atoms with Gasteiger partial charge in [0.1, 0.15) is 18.0 Å². The maximum atomic E-state index is 13.2. The molecular formula is C25H30N4O2.